The topological polar surface area (TPSA) is 15.3 Å². The first-order chi connectivity index (χ1) is 10.3. The quantitative estimate of drug-likeness (QED) is 0.775. The van der Waals surface area contributed by atoms with Gasteiger partial charge in [-0.1, -0.05) is 33.1 Å². The Hall–Kier alpha value is -0.0800. The van der Waals surface area contributed by atoms with Crippen LogP contribution in [0.2, 0.25) is 0 Å². The van der Waals surface area contributed by atoms with Crippen LogP contribution in [0.15, 0.2) is 0 Å². The molecule has 4 atom stereocenters. The molecule has 3 fully saturated rings. The van der Waals surface area contributed by atoms with Crippen LogP contribution in [-0.2, 0) is 0 Å². The summed E-state index contributed by atoms with van der Waals surface area (Å²) >= 11 is 0. The van der Waals surface area contributed by atoms with Gasteiger partial charge in [0.05, 0.1) is 0 Å². The molecule has 0 aromatic heterocycles. The first-order valence-corrected chi connectivity index (χ1v) is 9.78. The fraction of sp³-hybridized carbons (Fsp3) is 1.00. The smallest absolute Gasteiger partial charge is 0.0116 e. The molecule has 21 heavy (non-hydrogen) atoms. The van der Waals surface area contributed by atoms with Gasteiger partial charge in [0.2, 0.25) is 0 Å². The van der Waals surface area contributed by atoms with E-state index < -0.39 is 0 Å². The van der Waals surface area contributed by atoms with E-state index in [0.29, 0.717) is 0 Å². The number of fused-ring (bicyclic) bond motifs is 2. The summed E-state index contributed by atoms with van der Waals surface area (Å²) in [6.07, 6.45) is 15.9. The Balaban J connectivity index is 1.63. The molecule has 0 amide bonds. The highest BCUT2D eigenvalue weighted by Gasteiger charge is 2.41. The Bertz CT molecular complexity index is 303. The molecule has 0 aromatic carbocycles. The van der Waals surface area contributed by atoms with Crippen LogP contribution >= 0.6 is 0 Å². The molecular weight excluding hydrogens is 256 g/mol. The van der Waals surface area contributed by atoms with Crippen molar-refractivity contribution in [2.24, 2.45) is 5.92 Å². The number of rotatable bonds is 4. The number of nitrogens with one attached hydrogen (secondary N) is 1. The van der Waals surface area contributed by atoms with Crippen molar-refractivity contribution in [1.29, 1.82) is 0 Å². The molecule has 2 saturated heterocycles. The molecule has 4 unspecified atom stereocenters. The summed E-state index contributed by atoms with van der Waals surface area (Å²) in [7, 11) is 0. The van der Waals surface area contributed by atoms with E-state index in [-0.39, 0.29) is 0 Å². The predicted molar refractivity (Wildman–Crippen MR) is 90.6 cm³/mol. The minimum Gasteiger partial charge on any atom is -0.314 e. The minimum atomic E-state index is 0.807. The first kappa shape index (κ1) is 15.8. The zero-order valence-electron chi connectivity index (χ0n) is 14.3. The monoisotopic (exact) mass is 292 g/mol. The molecule has 3 aliphatic rings. The van der Waals surface area contributed by atoms with Gasteiger partial charge in [0, 0.05) is 24.2 Å². The van der Waals surface area contributed by atoms with E-state index in [1.807, 2.05) is 0 Å². The van der Waals surface area contributed by atoms with Crippen molar-refractivity contribution in [3.8, 4) is 0 Å². The third-order valence-corrected chi connectivity index (χ3v) is 6.36. The molecule has 122 valence electrons. The molecule has 2 heterocycles. The number of nitrogens with zero attached hydrogens (tertiary/aromatic N) is 1. The summed E-state index contributed by atoms with van der Waals surface area (Å²) in [6, 6.07) is 3.51. The van der Waals surface area contributed by atoms with Crippen LogP contribution in [-0.4, -0.2) is 35.6 Å². The molecule has 3 rings (SSSR count). The van der Waals surface area contributed by atoms with E-state index in [2.05, 4.69) is 24.1 Å². The lowest BCUT2D eigenvalue weighted by Crippen LogP contribution is -2.59. The van der Waals surface area contributed by atoms with Gasteiger partial charge < -0.3 is 5.32 Å². The van der Waals surface area contributed by atoms with Gasteiger partial charge in [-0.15, -0.1) is 0 Å². The van der Waals surface area contributed by atoms with Crippen molar-refractivity contribution in [3.05, 3.63) is 0 Å². The predicted octanol–water partition coefficient (Wildman–Crippen LogP) is 4.34. The third-order valence-electron chi connectivity index (χ3n) is 6.36. The Morgan fingerprint density at radius 1 is 0.857 bits per heavy atom. The van der Waals surface area contributed by atoms with Crippen LogP contribution in [0, 0.1) is 5.92 Å². The Morgan fingerprint density at radius 3 is 2.24 bits per heavy atom. The van der Waals surface area contributed by atoms with Crippen LogP contribution in [0.1, 0.15) is 84.5 Å². The summed E-state index contributed by atoms with van der Waals surface area (Å²) in [5.74, 6) is 0.971. The molecular formula is C19H36N2. The number of piperidine rings is 2. The van der Waals surface area contributed by atoms with E-state index in [0.717, 1.165) is 30.1 Å². The van der Waals surface area contributed by atoms with Crippen molar-refractivity contribution in [2.45, 2.75) is 109 Å². The molecule has 2 bridgehead atoms. The molecule has 2 aliphatic heterocycles. The summed E-state index contributed by atoms with van der Waals surface area (Å²) in [5, 5.41) is 3.82. The SMILES string of the molecule is CCCNC1CC2CCCC(C1)N2C1CCCC(C)CC1. The molecule has 0 radical (unpaired) electrons. The van der Waals surface area contributed by atoms with Gasteiger partial charge in [0.1, 0.15) is 0 Å². The standard InChI is InChI=1S/C19H36N2/c1-3-12-20-16-13-18-8-5-9-19(14-16)21(18)17-7-4-6-15(2)10-11-17/h15-20H,3-14H2,1-2H3. The van der Waals surface area contributed by atoms with Crippen LogP contribution < -0.4 is 5.32 Å². The van der Waals surface area contributed by atoms with Crippen molar-refractivity contribution >= 4 is 0 Å². The molecule has 1 N–H and O–H groups in total. The van der Waals surface area contributed by atoms with E-state index in [9.17, 15) is 0 Å². The highest BCUT2D eigenvalue weighted by atomic mass is 15.2. The van der Waals surface area contributed by atoms with E-state index in [1.54, 1.807) is 0 Å². The number of hydrogen-bond acceptors (Lipinski definition) is 2. The fourth-order valence-electron chi connectivity index (χ4n) is 5.29. The normalized spacial score (nSPS) is 41.7. The second kappa shape index (κ2) is 7.46. The molecule has 1 aliphatic carbocycles. The summed E-state index contributed by atoms with van der Waals surface area (Å²) in [5.41, 5.74) is 0. The van der Waals surface area contributed by atoms with Crippen molar-refractivity contribution in [3.63, 3.8) is 0 Å². The Kier molecular flexibility index (Phi) is 5.61. The van der Waals surface area contributed by atoms with Crippen molar-refractivity contribution < 1.29 is 0 Å². The number of hydrogen-bond donors (Lipinski definition) is 1. The maximum atomic E-state index is 3.82. The molecule has 2 heteroatoms. The summed E-state index contributed by atoms with van der Waals surface area (Å²) in [4.78, 5) is 3.02. The van der Waals surface area contributed by atoms with Gasteiger partial charge in [0.25, 0.3) is 0 Å². The van der Waals surface area contributed by atoms with Crippen LogP contribution in [0.5, 0.6) is 0 Å². The molecule has 1 saturated carbocycles. The van der Waals surface area contributed by atoms with E-state index in [4.69, 9.17) is 0 Å². The largest absolute Gasteiger partial charge is 0.314 e. The second-order valence-corrected chi connectivity index (χ2v) is 8.08. The van der Waals surface area contributed by atoms with Crippen LogP contribution in [0.4, 0.5) is 0 Å². The van der Waals surface area contributed by atoms with E-state index in [1.165, 1.54) is 77.2 Å². The fourth-order valence-corrected chi connectivity index (χ4v) is 5.29. The molecule has 0 spiro atoms. The van der Waals surface area contributed by atoms with E-state index >= 15 is 0 Å². The second-order valence-electron chi connectivity index (χ2n) is 8.08. The lowest BCUT2D eigenvalue weighted by Gasteiger charge is -2.52. The first-order valence-electron chi connectivity index (χ1n) is 9.78. The summed E-state index contributed by atoms with van der Waals surface area (Å²) in [6.45, 7) is 5.96. The van der Waals surface area contributed by atoms with Gasteiger partial charge >= 0.3 is 0 Å². The van der Waals surface area contributed by atoms with Crippen molar-refractivity contribution in [1.82, 2.24) is 10.2 Å². The Labute approximate surface area is 132 Å². The van der Waals surface area contributed by atoms with Crippen LogP contribution in [0.3, 0.4) is 0 Å². The zero-order valence-corrected chi connectivity index (χ0v) is 14.3. The minimum absolute atomic E-state index is 0.807. The van der Waals surface area contributed by atoms with Crippen LogP contribution in [0.25, 0.3) is 0 Å². The van der Waals surface area contributed by atoms with Crippen molar-refractivity contribution in [2.75, 3.05) is 6.54 Å². The average molecular weight is 293 g/mol. The maximum absolute atomic E-state index is 3.82. The molecule has 2 nitrogen and oxygen atoms in total. The van der Waals surface area contributed by atoms with Gasteiger partial charge in [-0.05, 0) is 63.8 Å². The van der Waals surface area contributed by atoms with Gasteiger partial charge in [-0.3, -0.25) is 4.90 Å². The third kappa shape index (κ3) is 3.82. The Morgan fingerprint density at radius 2 is 1.52 bits per heavy atom. The maximum Gasteiger partial charge on any atom is 0.0116 e. The lowest BCUT2D eigenvalue weighted by molar-refractivity contribution is -0.0157. The lowest BCUT2D eigenvalue weighted by atomic mass is 9.79. The average Bonchev–Trinajstić information content (AvgIpc) is 2.68. The van der Waals surface area contributed by atoms with Gasteiger partial charge in [-0.2, -0.15) is 0 Å². The highest BCUT2D eigenvalue weighted by Crippen LogP contribution is 2.39. The molecule has 0 aromatic rings. The van der Waals surface area contributed by atoms with Gasteiger partial charge in [-0.25, -0.2) is 0 Å². The summed E-state index contributed by atoms with van der Waals surface area (Å²) < 4.78 is 0. The highest BCUT2D eigenvalue weighted by molar-refractivity contribution is 4.98. The van der Waals surface area contributed by atoms with Gasteiger partial charge in [0.15, 0.2) is 0 Å². The zero-order chi connectivity index (χ0) is 14.7.